The van der Waals surface area contributed by atoms with Crippen LogP contribution >= 0.6 is 0 Å². The minimum absolute atomic E-state index is 0.723. The summed E-state index contributed by atoms with van der Waals surface area (Å²) >= 11 is 0. The van der Waals surface area contributed by atoms with Gasteiger partial charge in [0, 0.05) is 31.2 Å². The van der Waals surface area contributed by atoms with Gasteiger partial charge in [0.2, 0.25) is 0 Å². The molecule has 1 unspecified atom stereocenters. The number of likely N-dealkylation sites (tertiary alicyclic amines) is 1. The van der Waals surface area contributed by atoms with Crippen LogP contribution in [0.4, 0.5) is 0 Å². The van der Waals surface area contributed by atoms with Crippen LogP contribution in [0.5, 0.6) is 0 Å². The van der Waals surface area contributed by atoms with Gasteiger partial charge in [-0.1, -0.05) is 20.8 Å². The van der Waals surface area contributed by atoms with E-state index in [1.165, 1.54) is 25.1 Å². The number of nitrogens with one attached hydrogen (secondary N) is 1. The van der Waals surface area contributed by atoms with Crippen molar-refractivity contribution >= 4 is 0 Å². The van der Waals surface area contributed by atoms with Gasteiger partial charge in [-0.15, -0.1) is 0 Å². The highest BCUT2D eigenvalue weighted by Crippen LogP contribution is 2.19. The first-order valence-corrected chi connectivity index (χ1v) is 8.00. The lowest BCUT2D eigenvalue weighted by molar-refractivity contribution is 0.205. The third-order valence-electron chi connectivity index (χ3n) is 4.24. The summed E-state index contributed by atoms with van der Waals surface area (Å²) in [4.78, 5) is 5.08. The Morgan fingerprint density at radius 2 is 2.15 bits per heavy atom. The van der Waals surface area contributed by atoms with E-state index in [9.17, 15) is 0 Å². The van der Waals surface area contributed by atoms with Crippen LogP contribution in [0.25, 0.3) is 0 Å². The summed E-state index contributed by atoms with van der Waals surface area (Å²) in [6, 6.07) is 2.91. The van der Waals surface area contributed by atoms with E-state index < -0.39 is 0 Å². The molecule has 4 nitrogen and oxygen atoms in total. The van der Waals surface area contributed by atoms with Crippen LogP contribution in [0.15, 0.2) is 16.7 Å². The van der Waals surface area contributed by atoms with Gasteiger partial charge in [0.25, 0.3) is 0 Å². The van der Waals surface area contributed by atoms with Crippen LogP contribution in [0.2, 0.25) is 0 Å². The lowest BCUT2D eigenvalue weighted by Crippen LogP contribution is -2.37. The van der Waals surface area contributed by atoms with E-state index in [4.69, 9.17) is 4.42 Å². The Bertz CT molecular complexity index is 387. The molecule has 4 heteroatoms. The highest BCUT2D eigenvalue weighted by molar-refractivity contribution is 5.12. The van der Waals surface area contributed by atoms with Crippen molar-refractivity contribution < 1.29 is 4.42 Å². The summed E-state index contributed by atoms with van der Waals surface area (Å²) in [5, 5.41) is 3.33. The van der Waals surface area contributed by atoms with Gasteiger partial charge in [0.15, 0.2) is 0 Å². The molecule has 0 saturated carbocycles. The second-order valence-corrected chi connectivity index (χ2v) is 5.60. The largest absolute Gasteiger partial charge is 0.468 e. The molecular weight excluding hydrogens is 250 g/mol. The molecule has 0 bridgehead atoms. The second kappa shape index (κ2) is 7.81. The van der Waals surface area contributed by atoms with Crippen LogP contribution < -0.4 is 5.32 Å². The summed E-state index contributed by atoms with van der Waals surface area (Å²) in [7, 11) is 0. The van der Waals surface area contributed by atoms with Crippen LogP contribution in [-0.4, -0.2) is 48.6 Å². The molecule has 1 atom stereocenters. The lowest BCUT2D eigenvalue weighted by atomic mass is 10.2. The summed E-state index contributed by atoms with van der Waals surface area (Å²) < 4.78 is 5.68. The molecule has 0 spiro atoms. The van der Waals surface area contributed by atoms with Crippen molar-refractivity contribution in [1.29, 1.82) is 0 Å². The smallest absolute Gasteiger partial charge is 0.118 e. The van der Waals surface area contributed by atoms with Crippen molar-refractivity contribution in [3.8, 4) is 0 Å². The summed E-state index contributed by atoms with van der Waals surface area (Å²) in [6.07, 6.45) is 3.17. The van der Waals surface area contributed by atoms with E-state index in [0.717, 1.165) is 44.5 Å². The Hall–Kier alpha value is -0.840. The summed E-state index contributed by atoms with van der Waals surface area (Å²) in [5.41, 5.74) is 1.25. The van der Waals surface area contributed by atoms with Crippen molar-refractivity contribution in [1.82, 2.24) is 15.1 Å². The maximum Gasteiger partial charge on any atom is 0.118 e. The normalized spacial score (nSPS) is 20.1. The zero-order valence-electron chi connectivity index (χ0n) is 13.2. The van der Waals surface area contributed by atoms with E-state index in [1.54, 1.807) is 0 Å². The fourth-order valence-electron chi connectivity index (χ4n) is 3.09. The maximum absolute atomic E-state index is 5.68. The molecule has 0 aliphatic carbocycles. The van der Waals surface area contributed by atoms with Gasteiger partial charge in [0.1, 0.15) is 5.76 Å². The van der Waals surface area contributed by atoms with E-state index in [2.05, 4.69) is 42.0 Å². The maximum atomic E-state index is 5.68. The molecule has 2 heterocycles. The molecule has 1 aromatic rings. The first kappa shape index (κ1) is 15.5. The van der Waals surface area contributed by atoms with Crippen molar-refractivity contribution in [2.24, 2.45) is 0 Å². The van der Waals surface area contributed by atoms with E-state index in [0.29, 0.717) is 0 Å². The number of hydrogen-bond acceptors (Lipinski definition) is 4. The molecule has 114 valence electrons. The summed E-state index contributed by atoms with van der Waals surface area (Å²) in [6.45, 7) is 14.2. The van der Waals surface area contributed by atoms with Gasteiger partial charge < -0.3 is 9.73 Å². The highest BCUT2D eigenvalue weighted by atomic mass is 16.3. The van der Waals surface area contributed by atoms with E-state index in [-0.39, 0.29) is 0 Å². The zero-order chi connectivity index (χ0) is 14.4. The molecule has 1 aliphatic heterocycles. The van der Waals surface area contributed by atoms with Crippen molar-refractivity contribution in [3.05, 3.63) is 23.7 Å². The molecule has 1 N–H and O–H groups in total. The average molecular weight is 279 g/mol. The minimum atomic E-state index is 0.723. The molecule has 0 radical (unpaired) electrons. The average Bonchev–Trinajstić information content (AvgIpc) is 3.08. The molecule has 1 aliphatic rings. The van der Waals surface area contributed by atoms with Crippen molar-refractivity contribution in [2.45, 2.75) is 46.3 Å². The molecule has 0 amide bonds. The van der Waals surface area contributed by atoms with Gasteiger partial charge in [0.05, 0.1) is 12.8 Å². The third kappa shape index (κ3) is 4.08. The highest BCUT2D eigenvalue weighted by Gasteiger charge is 2.26. The van der Waals surface area contributed by atoms with E-state index >= 15 is 0 Å². The Labute approximate surface area is 123 Å². The Balaban J connectivity index is 1.81. The predicted octanol–water partition coefficient (Wildman–Crippen LogP) is 2.31. The van der Waals surface area contributed by atoms with Crippen LogP contribution in [0.3, 0.4) is 0 Å². The number of furan rings is 1. The number of likely N-dealkylation sites (N-methyl/N-ethyl adjacent to an activating group) is 1. The molecule has 0 aromatic carbocycles. The van der Waals surface area contributed by atoms with Crippen LogP contribution in [0.1, 0.15) is 38.5 Å². The lowest BCUT2D eigenvalue weighted by Gasteiger charge is -2.26. The topological polar surface area (TPSA) is 31.7 Å². The number of hydrogen-bond donors (Lipinski definition) is 1. The Morgan fingerprint density at radius 1 is 1.35 bits per heavy atom. The molecule has 1 fully saturated rings. The molecular formula is C16H29N3O. The number of nitrogens with zero attached hydrogens (tertiary/aromatic N) is 2. The number of rotatable bonds is 8. The SMILES string of the molecule is CCNCc1coc(CN2CCC(N(CC)CC)C2)c1. The molecule has 1 aromatic heterocycles. The minimum Gasteiger partial charge on any atom is -0.468 e. The van der Waals surface area contributed by atoms with Gasteiger partial charge in [-0.05, 0) is 32.1 Å². The first-order chi connectivity index (χ1) is 9.76. The van der Waals surface area contributed by atoms with E-state index in [1.807, 2.05) is 6.26 Å². The Kier molecular flexibility index (Phi) is 6.07. The predicted molar refractivity (Wildman–Crippen MR) is 82.7 cm³/mol. The van der Waals surface area contributed by atoms with Gasteiger partial charge in [-0.25, -0.2) is 0 Å². The standard InChI is InChI=1S/C16H29N3O/c1-4-17-10-14-9-16(20-13-14)12-18-8-7-15(11-18)19(5-2)6-3/h9,13,15,17H,4-8,10-12H2,1-3H3. The third-order valence-corrected chi connectivity index (χ3v) is 4.24. The fourth-order valence-corrected chi connectivity index (χ4v) is 3.09. The van der Waals surface area contributed by atoms with Gasteiger partial charge >= 0.3 is 0 Å². The molecule has 1 saturated heterocycles. The van der Waals surface area contributed by atoms with Gasteiger partial charge in [-0.2, -0.15) is 0 Å². The van der Waals surface area contributed by atoms with Gasteiger partial charge in [-0.3, -0.25) is 9.80 Å². The monoisotopic (exact) mass is 279 g/mol. The van der Waals surface area contributed by atoms with Crippen molar-refractivity contribution in [3.63, 3.8) is 0 Å². The van der Waals surface area contributed by atoms with Crippen LogP contribution in [-0.2, 0) is 13.1 Å². The summed E-state index contributed by atoms with van der Waals surface area (Å²) in [5.74, 6) is 1.10. The van der Waals surface area contributed by atoms with Crippen molar-refractivity contribution in [2.75, 3.05) is 32.7 Å². The molecule has 2 rings (SSSR count). The Morgan fingerprint density at radius 3 is 2.85 bits per heavy atom. The zero-order valence-corrected chi connectivity index (χ0v) is 13.2. The second-order valence-electron chi connectivity index (χ2n) is 5.60. The van der Waals surface area contributed by atoms with Crippen LogP contribution in [0, 0.1) is 0 Å². The fraction of sp³-hybridized carbons (Fsp3) is 0.750. The quantitative estimate of drug-likeness (QED) is 0.791. The first-order valence-electron chi connectivity index (χ1n) is 8.00. The molecule has 20 heavy (non-hydrogen) atoms.